The number of hydrogen-bond acceptors (Lipinski definition) is 5. The summed E-state index contributed by atoms with van der Waals surface area (Å²) in [6, 6.07) is 0.854. The van der Waals surface area contributed by atoms with Gasteiger partial charge in [0.15, 0.2) is 5.69 Å². The molecule has 8 heteroatoms. The van der Waals surface area contributed by atoms with Crippen LogP contribution in [-0.2, 0) is 6.18 Å². The van der Waals surface area contributed by atoms with Crippen LogP contribution in [-0.4, -0.2) is 34.3 Å². The molecule has 0 bridgehead atoms. The average molecular weight is 304 g/mol. The summed E-state index contributed by atoms with van der Waals surface area (Å²) < 4.78 is 38.3. The highest BCUT2D eigenvalue weighted by molar-refractivity contribution is 5.43. The van der Waals surface area contributed by atoms with Crippen LogP contribution in [0.1, 0.15) is 37.8 Å². The number of rotatable bonds is 4. The van der Waals surface area contributed by atoms with Crippen LogP contribution in [0.3, 0.4) is 0 Å². The molecule has 0 unspecified atom stereocenters. The fourth-order valence-electron chi connectivity index (χ4n) is 2.44. The van der Waals surface area contributed by atoms with Gasteiger partial charge in [-0.25, -0.2) is 4.98 Å². The Bertz CT molecular complexity index is 487. The van der Waals surface area contributed by atoms with Gasteiger partial charge in [0.1, 0.15) is 5.82 Å². The van der Waals surface area contributed by atoms with Crippen molar-refractivity contribution >= 4 is 11.8 Å². The summed E-state index contributed by atoms with van der Waals surface area (Å²) >= 11 is 0. The molecule has 1 aliphatic rings. The lowest BCUT2D eigenvalue weighted by Gasteiger charge is -2.32. The maximum absolute atomic E-state index is 12.8. The quantitative estimate of drug-likeness (QED) is 0.798. The Morgan fingerprint density at radius 1 is 1.24 bits per heavy atom. The van der Waals surface area contributed by atoms with E-state index < -0.39 is 17.5 Å². The number of hydrogen-bond donors (Lipinski definition) is 3. The van der Waals surface area contributed by atoms with Gasteiger partial charge in [-0.15, -0.1) is 0 Å². The molecule has 0 saturated heterocycles. The second kappa shape index (κ2) is 6.05. The number of halogens is 3. The van der Waals surface area contributed by atoms with Crippen LogP contribution < -0.4 is 10.6 Å². The van der Waals surface area contributed by atoms with Crippen molar-refractivity contribution in [3.05, 3.63) is 11.8 Å². The molecule has 1 heterocycles. The molecule has 1 aromatic heterocycles. The molecule has 3 N–H and O–H groups in total. The lowest BCUT2D eigenvalue weighted by molar-refractivity contribution is -0.141. The van der Waals surface area contributed by atoms with E-state index in [9.17, 15) is 18.3 Å². The summed E-state index contributed by atoms with van der Waals surface area (Å²) in [5.41, 5.74) is -1.89. The van der Waals surface area contributed by atoms with Crippen LogP contribution in [0.15, 0.2) is 6.07 Å². The molecule has 5 nitrogen and oxygen atoms in total. The Morgan fingerprint density at radius 2 is 1.90 bits per heavy atom. The number of alkyl halides is 3. The zero-order chi connectivity index (χ0) is 15.5. The summed E-state index contributed by atoms with van der Waals surface area (Å²) in [5, 5.41) is 15.6. The van der Waals surface area contributed by atoms with Crippen LogP contribution >= 0.6 is 0 Å². The van der Waals surface area contributed by atoms with E-state index in [4.69, 9.17) is 0 Å². The minimum Gasteiger partial charge on any atom is -0.388 e. The number of aromatic nitrogens is 2. The summed E-state index contributed by atoms with van der Waals surface area (Å²) in [6.45, 7) is 0.185. The Morgan fingerprint density at radius 3 is 2.48 bits per heavy atom. The SMILES string of the molecule is CNc1nc(NCC2(O)CCCCC2)cc(C(F)(F)F)n1. The van der Waals surface area contributed by atoms with Crippen molar-refractivity contribution in [3.63, 3.8) is 0 Å². The minimum atomic E-state index is -4.54. The Balaban J connectivity index is 2.12. The largest absolute Gasteiger partial charge is 0.433 e. The molecule has 1 saturated carbocycles. The molecule has 1 fully saturated rings. The highest BCUT2D eigenvalue weighted by Crippen LogP contribution is 2.31. The number of nitrogens with zero attached hydrogens (tertiary/aromatic N) is 2. The van der Waals surface area contributed by atoms with E-state index in [2.05, 4.69) is 20.6 Å². The third kappa shape index (κ3) is 4.20. The van der Waals surface area contributed by atoms with Gasteiger partial charge in [0.2, 0.25) is 5.95 Å². The van der Waals surface area contributed by atoms with Gasteiger partial charge in [-0.2, -0.15) is 18.2 Å². The van der Waals surface area contributed by atoms with Crippen molar-refractivity contribution < 1.29 is 18.3 Å². The number of anilines is 2. The monoisotopic (exact) mass is 304 g/mol. The first-order valence-electron chi connectivity index (χ1n) is 6.93. The van der Waals surface area contributed by atoms with Gasteiger partial charge in [-0.05, 0) is 12.8 Å². The van der Waals surface area contributed by atoms with Crippen LogP contribution in [0.25, 0.3) is 0 Å². The first-order valence-corrected chi connectivity index (χ1v) is 6.93. The molecule has 2 rings (SSSR count). The zero-order valence-electron chi connectivity index (χ0n) is 11.8. The Hall–Kier alpha value is -1.57. The molecule has 118 valence electrons. The van der Waals surface area contributed by atoms with Gasteiger partial charge in [-0.3, -0.25) is 0 Å². The van der Waals surface area contributed by atoms with E-state index in [1.165, 1.54) is 7.05 Å². The first-order chi connectivity index (χ1) is 9.82. The molecule has 21 heavy (non-hydrogen) atoms. The van der Waals surface area contributed by atoms with E-state index in [0.717, 1.165) is 25.3 Å². The van der Waals surface area contributed by atoms with E-state index in [0.29, 0.717) is 12.8 Å². The molecule has 0 radical (unpaired) electrons. The van der Waals surface area contributed by atoms with Crippen molar-refractivity contribution in [2.75, 3.05) is 24.2 Å². The molecule has 0 atom stereocenters. The maximum Gasteiger partial charge on any atom is 0.433 e. The molecule has 0 aromatic carbocycles. The van der Waals surface area contributed by atoms with Crippen molar-refractivity contribution in [2.24, 2.45) is 0 Å². The minimum absolute atomic E-state index is 0.0562. The molecular weight excluding hydrogens is 285 g/mol. The second-order valence-corrected chi connectivity index (χ2v) is 5.35. The third-order valence-electron chi connectivity index (χ3n) is 3.62. The molecule has 0 amide bonds. The fourth-order valence-corrected chi connectivity index (χ4v) is 2.44. The lowest BCUT2D eigenvalue weighted by Crippen LogP contribution is -2.39. The lowest BCUT2D eigenvalue weighted by atomic mass is 9.85. The Kier molecular flexibility index (Phi) is 4.55. The summed E-state index contributed by atoms with van der Waals surface area (Å²) in [7, 11) is 1.45. The topological polar surface area (TPSA) is 70.1 Å². The summed E-state index contributed by atoms with van der Waals surface area (Å²) in [4.78, 5) is 7.32. The van der Waals surface area contributed by atoms with Gasteiger partial charge in [-0.1, -0.05) is 19.3 Å². The van der Waals surface area contributed by atoms with Crippen molar-refractivity contribution in [3.8, 4) is 0 Å². The van der Waals surface area contributed by atoms with E-state index in [1.54, 1.807) is 0 Å². The van der Waals surface area contributed by atoms with Crippen LogP contribution in [0, 0.1) is 0 Å². The highest BCUT2D eigenvalue weighted by Gasteiger charge is 2.34. The fraction of sp³-hybridized carbons (Fsp3) is 0.692. The van der Waals surface area contributed by atoms with Crippen LogP contribution in [0.4, 0.5) is 24.9 Å². The van der Waals surface area contributed by atoms with Crippen molar-refractivity contribution in [2.45, 2.75) is 43.9 Å². The normalized spacial score (nSPS) is 18.3. The van der Waals surface area contributed by atoms with Crippen molar-refractivity contribution in [1.29, 1.82) is 0 Å². The summed E-state index contributed by atoms with van der Waals surface area (Å²) in [5.74, 6) is -0.0522. The highest BCUT2D eigenvalue weighted by atomic mass is 19.4. The van der Waals surface area contributed by atoms with E-state index in [-0.39, 0.29) is 18.3 Å². The van der Waals surface area contributed by atoms with E-state index in [1.807, 2.05) is 0 Å². The van der Waals surface area contributed by atoms with Gasteiger partial charge in [0, 0.05) is 19.7 Å². The molecule has 0 spiro atoms. The smallest absolute Gasteiger partial charge is 0.388 e. The zero-order valence-corrected chi connectivity index (χ0v) is 11.8. The molecular formula is C13H19F3N4O. The molecule has 1 aliphatic carbocycles. The maximum atomic E-state index is 12.8. The molecule has 1 aromatic rings. The second-order valence-electron chi connectivity index (χ2n) is 5.35. The van der Waals surface area contributed by atoms with Gasteiger partial charge in [0.25, 0.3) is 0 Å². The standard InChI is InChI=1S/C13H19F3N4O/c1-17-11-19-9(13(14,15)16)7-10(20-11)18-8-12(21)5-3-2-4-6-12/h7,21H,2-6,8H2,1H3,(H2,17,18,19,20). The average Bonchev–Trinajstić information content (AvgIpc) is 2.45. The number of aliphatic hydroxyl groups is 1. The van der Waals surface area contributed by atoms with Crippen molar-refractivity contribution in [1.82, 2.24) is 9.97 Å². The van der Waals surface area contributed by atoms with Crippen LogP contribution in [0.2, 0.25) is 0 Å². The first kappa shape index (κ1) is 15.8. The predicted octanol–water partition coefficient (Wildman–Crippen LogP) is 2.64. The van der Waals surface area contributed by atoms with Crippen LogP contribution in [0.5, 0.6) is 0 Å². The third-order valence-corrected chi connectivity index (χ3v) is 3.62. The summed E-state index contributed by atoms with van der Waals surface area (Å²) in [6.07, 6.45) is -0.300. The van der Waals surface area contributed by atoms with Gasteiger partial charge >= 0.3 is 6.18 Å². The Labute approximate surface area is 121 Å². The van der Waals surface area contributed by atoms with Gasteiger partial charge in [0.05, 0.1) is 5.60 Å². The van der Waals surface area contributed by atoms with Gasteiger partial charge < -0.3 is 15.7 Å². The molecule has 0 aliphatic heterocycles. The predicted molar refractivity (Wildman–Crippen MR) is 73.1 cm³/mol. The number of nitrogens with one attached hydrogen (secondary N) is 2. The van der Waals surface area contributed by atoms with E-state index >= 15 is 0 Å².